The maximum atomic E-state index is 11.8. The van der Waals surface area contributed by atoms with Crippen LogP contribution in [0.1, 0.15) is 0 Å². The van der Waals surface area contributed by atoms with Crippen LogP contribution >= 0.6 is 0 Å². The first-order valence-electron chi connectivity index (χ1n) is 7.79. The first-order valence-corrected chi connectivity index (χ1v) is 9.68. The molecule has 0 amide bonds. The lowest BCUT2D eigenvalue weighted by molar-refractivity contribution is 0.326. The molecule has 0 aliphatic heterocycles. The van der Waals surface area contributed by atoms with Gasteiger partial charge in [0.05, 0.1) is 17.0 Å². The van der Waals surface area contributed by atoms with Gasteiger partial charge in [-0.1, -0.05) is 18.2 Å². The van der Waals surface area contributed by atoms with Gasteiger partial charge in [0.15, 0.2) is 9.84 Å². The highest BCUT2D eigenvalue weighted by Crippen LogP contribution is 2.25. The summed E-state index contributed by atoms with van der Waals surface area (Å²) in [6, 6.07) is 14.5. The number of sulfone groups is 1. The van der Waals surface area contributed by atoms with Gasteiger partial charge in [0.1, 0.15) is 24.5 Å². The van der Waals surface area contributed by atoms with Gasteiger partial charge in [-0.3, -0.25) is 0 Å². The molecule has 0 unspecified atom stereocenters. The van der Waals surface area contributed by atoms with Crippen molar-refractivity contribution < 1.29 is 13.2 Å². The average Bonchev–Trinajstić information content (AvgIpc) is 2.60. The van der Waals surface area contributed by atoms with Crippen LogP contribution in [0.15, 0.2) is 59.8 Å². The Morgan fingerprint density at radius 2 is 1.84 bits per heavy atom. The quantitative estimate of drug-likeness (QED) is 0.675. The molecule has 1 aromatic heterocycles. The number of ether oxygens (including phenoxy) is 1. The van der Waals surface area contributed by atoms with Crippen molar-refractivity contribution in [1.29, 1.82) is 0 Å². The summed E-state index contributed by atoms with van der Waals surface area (Å²) in [4.78, 5) is 10.7. The molecule has 0 radical (unpaired) electrons. The molecule has 0 N–H and O–H groups in total. The van der Waals surface area contributed by atoms with Gasteiger partial charge in [-0.2, -0.15) is 0 Å². The van der Waals surface area contributed by atoms with E-state index in [9.17, 15) is 8.42 Å². The Bertz CT molecular complexity index is 975. The van der Waals surface area contributed by atoms with Crippen molar-refractivity contribution in [2.24, 2.45) is 0 Å². The van der Waals surface area contributed by atoms with E-state index in [2.05, 4.69) is 9.97 Å². The third-order valence-corrected chi connectivity index (χ3v) is 4.92. The third-order valence-electron chi connectivity index (χ3n) is 3.81. The van der Waals surface area contributed by atoms with Gasteiger partial charge in [0.25, 0.3) is 0 Å². The molecule has 0 spiro atoms. The SMILES string of the molecule is CN(CCOc1ccccc1)c1ncnc2ccc(S(C)(=O)=O)cc12. The largest absolute Gasteiger partial charge is 0.492 e. The molecule has 3 aromatic rings. The molecule has 7 heteroatoms. The Morgan fingerprint density at radius 3 is 2.56 bits per heavy atom. The molecule has 3 rings (SSSR count). The number of fused-ring (bicyclic) bond motifs is 1. The zero-order valence-electron chi connectivity index (χ0n) is 14.1. The van der Waals surface area contributed by atoms with Crippen LogP contribution in [0.3, 0.4) is 0 Å². The number of rotatable bonds is 6. The maximum Gasteiger partial charge on any atom is 0.175 e. The second-order valence-electron chi connectivity index (χ2n) is 5.73. The van der Waals surface area contributed by atoms with E-state index in [4.69, 9.17) is 4.74 Å². The summed E-state index contributed by atoms with van der Waals surface area (Å²) < 4.78 is 29.3. The van der Waals surface area contributed by atoms with Gasteiger partial charge >= 0.3 is 0 Å². The molecule has 0 aliphatic rings. The standard InChI is InChI=1S/C18H19N3O3S/c1-21(10-11-24-14-6-4-3-5-7-14)18-16-12-15(25(2,22)23)8-9-17(16)19-13-20-18/h3-9,12-13H,10-11H2,1-2H3. The van der Waals surface area contributed by atoms with Gasteiger partial charge in [-0.05, 0) is 30.3 Å². The molecule has 25 heavy (non-hydrogen) atoms. The highest BCUT2D eigenvalue weighted by atomic mass is 32.2. The van der Waals surface area contributed by atoms with Crippen LogP contribution in [0.25, 0.3) is 10.9 Å². The van der Waals surface area contributed by atoms with Crippen molar-refractivity contribution in [2.45, 2.75) is 4.90 Å². The zero-order valence-corrected chi connectivity index (χ0v) is 14.9. The molecule has 0 aliphatic carbocycles. The fraction of sp³-hybridized carbons (Fsp3) is 0.222. The van der Waals surface area contributed by atoms with Crippen molar-refractivity contribution in [3.8, 4) is 5.75 Å². The monoisotopic (exact) mass is 357 g/mol. The number of aromatic nitrogens is 2. The van der Waals surface area contributed by atoms with E-state index in [1.54, 1.807) is 18.2 Å². The summed E-state index contributed by atoms with van der Waals surface area (Å²) in [7, 11) is -1.40. The van der Waals surface area contributed by atoms with Crippen molar-refractivity contribution >= 4 is 26.6 Å². The molecule has 2 aromatic carbocycles. The van der Waals surface area contributed by atoms with Crippen LogP contribution in [0.5, 0.6) is 5.75 Å². The maximum absolute atomic E-state index is 11.8. The van der Waals surface area contributed by atoms with Crippen molar-refractivity contribution in [3.63, 3.8) is 0 Å². The molecular weight excluding hydrogens is 338 g/mol. The van der Waals surface area contributed by atoms with Crippen LogP contribution in [-0.2, 0) is 9.84 Å². The van der Waals surface area contributed by atoms with Gasteiger partial charge in [0, 0.05) is 18.7 Å². The first kappa shape index (κ1) is 17.2. The van der Waals surface area contributed by atoms with E-state index in [0.29, 0.717) is 29.9 Å². The second kappa shape index (κ2) is 7.06. The number of benzene rings is 2. The van der Waals surface area contributed by atoms with E-state index < -0.39 is 9.84 Å². The van der Waals surface area contributed by atoms with E-state index in [0.717, 1.165) is 5.75 Å². The van der Waals surface area contributed by atoms with E-state index in [1.165, 1.54) is 12.6 Å². The Balaban J connectivity index is 1.81. The Morgan fingerprint density at radius 1 is 1.08 bits per heavy atom. The zero-order chi connectivity index (χ0) is 17.9. The van der Waals surface area contributed by atoms with E-state index >= 15 is 0 Å². The predicted octanol–water partition coefficient (Wildman–Crippen LogP) is 2.55. The lowest BCUT2D eigenvalue weighted by Gasteiger charge is -2.20. The normalized spacial score (nSPS) is 11.4. The molecule has 6 nitrogen and oxygen atoms in total. The summed E-state index contributed by atoms with van der Waals surface area (Å²) in [5.41, 5.74) is 0.702. The summed E-state index contributed by atoms with van der Waals surface area (Å²) in [5.74, 6) is 1.48. The average molecular weight is 357 g/mol. The van der Waals surface area contributed by atoms with Crippen LogP contribution < -0.4 is 9.64 Å². The molecule has 0 saturated heterocycles. The Labute approximate surface area is 147 Å². The van der Waals surface area contributed by atoms with Gasteiger partial charge in [0.2, 0.25) is 0 Å². The number of likely N-dealkylation sites (N-methyl/N-ethyl adjacent to an activating group) is 1. The first-order chi connectivity index (χ1) is 11.9. The highest BCUT2D eigenvalue weighted by Gasteiger charge is 2.13. The van der Waals surface area contributed by atoms with Crippen molar-refractivity contribution in [2.75, 3.05) is 31.4 Å². The molecule has 1 heterocycles. The van der Waals surface area contributed by atoms with Crippen LogP contribution in [-0.4, -0.2) is 44.8 Å². The van der Waals surface area contributed by atoms with Gasteiger partial charge in [-0.15, -0.1) is 0 Å². The molecule has 130 valence electrons. The lowest BCUT2D eigenvalue weighted by Crippen LogP contribution is -2.25. The number of hydrogen-bond acceptors (Lipinski definition) is 6. The predicted molar refractivity (Wildman–Crippen MR) is 97.9 cm³/mol. The number of anilines is 1. The fourth-order valence-corrected chi connectivity index (χ4v) is 3.13. The van der Waals surface area contributed by atoms with Crippen molar-refractivity contribution in [3.05, 3.63) is 54.9 Å². The lowest BCUT2D eigenvalue weighted by atomic mass is 10.2. The van der Waals surface area contributed by atoms with E-state index in [-0.39, 0.29) is 4.90 Å². The van der Waals surface area contributed by atoms with Gasteiger partial charge < -0.3 is 9.64 Å². The smallest absolute Gasteiger partial charge is 0.175 e. The highest BCUT2D eigenvalue weighted by molar-refractivity contribution is 7.90. The molecule has 0 saturated carbocycles. The minimum Gasteiger partial charge on any atom is -0.492 e. The Kier molecular flexibility index (Phi) is 4.85. The molecule has 0 bridgehead atoms. The van der Waals surface area contributed by atoms with Crippen LogP contribution in [0, 0.1) is 0 Å². The minimum atomic E-state index is -3.29. The number of para-hydroxylation sites is 1. The van der Waals surface area contributed by atoms with Crippen LogP contribution in [0.4, 0.5) is 5.82 Å². The second-order valence-corrected chi connectivity index (χ2v) is 7.75. The number of hydrogen-bond donors (Lipinski definition) is 0. The minimum absolute atomic E-state index is 0.255. The Hall–Kier alpha value is -2.67. The van der Waals surface area contributed by atoms with Crippen molar-refractivity contribution in [1.82, 2.24) is 9.97 Å². The van der Waals surface area contributed by atoms with Crippen LogP contribution in [0.2, 0.25) is 0 Å². The summed E-state index contributed by atoms with van der Waals surface area (Å²) in [6.45, 7) is 1.09. The molecule has 0 atom stereocenters. The third kappa shape index (κ3) is 4.06. The summed E-state index contributed by atoms with van der Waals surface area (Å²) in [5, 5.41) is 0.702. The van der Waals surface area contributed by atoms with Gasteiger partial charge in [-0.25, -0.2) is 18.4 Å². The molecule has 0 fully saturated rings. The summed E-state index contributed by atoms with van der Waals surface area (Å²) >= 11 is 0. The summed E-state index contributed by atoms with van der Waals surface area (Å²) in [6.07, 6.45) is 2.67. The molecular formula is C18H19N3O3S. The van der Waals surface area contributed by atoms with E-state index in [1.807, 2.05) is 42.3 Å². The fourth-order valence-electron chi connectivity index (χ4n) is 2.48. The topological polar surface area (TPSA) is 72.4 Å². The number of nitrogens with zero attached hydrogens (tertiary/aromatic N) is 3.